The number of nitrogens with zero attached hydrogens (tertiary/aromatic N) is 16. The van der Waals surface area contributed by atoms with Crippen LogP contribution in [0.1, 0.15) is 105 Å². The van der Waals surface area contributed by atoms with E-state index >= 15 is 0 Å². The highest BCUT2D eigenvalue weighted by molar-refractivity contribution is 5.84. The summed E-state index contributed by atoms with van der Waals surface area (Å²) >= 11 is 0. The van der Waals surface area contributed by atoms with Gasteiger partial charge in [-0.05, 0) is 259 Å². The van der Waals surface area contributed by atoms with Crippen molar-refractivity contribution in [1.29, 1.82) is 0 Å². The summed E-state index contributed by atoms with van der Waals surface area (Å²) in [4.78, 5) is 142. The number of aryl methyl sites for hydroxylation is 12. The summed E-state index contributed by atoms with van der Waals surface area (Å²) in [5.41, 5.74) is 23.3. The second-order valence-electron chi connectivity index (χ2n) is 35.8. The molecule has 0 aliphatic carbocycles. The predicted molar refractivity (Wildman–Crippen MR) is 554 cm³/mol. The van der Waals surface area contributed by atoms with Gasteiger partial charge in [-0.1, -0.05) is 172 Å². The number of benzene rings is 10. The van der Waals surface area contributed by atoms with Crippen LogP contribution in [-0.4, -0.2) is 117 Å². The average Bonchev–Trinajstić information content (AvgIpc) is 0.975. The number of methoxy groups -OCH3 is 1. The van der Waals surface area contributed by atoms with Crippen LogP contribution in [0, 0.1) is 48.5 Å². The molecule has 1 saturated heterocycles. The zero-order valence-electron chi connectivity index (χ0n) is 79.9. The van der Waals surface area contributed by atoms with Crippen molar-refractivity contribution in [3.63, 3.8) is 0 Å². The molecule has 0 spiro atoms. The summed E-state index contributed by atoms with van der Waals surface area (Å²) in [6.07, 6.45) is 9.80. The first kappa shape index (κ1) is 95.2. The van der Waals surface area contributed by atoms with Gasteiger partial charge in [0, 0.05) is 51.5 Å². The van der Waals surface area contributed by atoms with Crippen LogP contribution in [-0.2, 0) is 38.6 Å². The van der Waals surface area contributed by atoms with Crippen LogP contribution in [0.5, 0.6) is 5.75 Å². The number of hydrogen-bond donors (Lipinski definition) is 6. The molecule has 140 heavy (non-hydrogen) atoms. The number of H-pyrrole nitrogens is 5. The van der Waals surface area contributed by atoms with Crippen LogP contribution in [0.15, 0.2) is 267 Å². The molecule has 0 amide bonds. The molecule has 11 heterocycles. The fourth-order valence-electron chi connectivity index (χ4n) is 18.1. The third-order valence-electron chi connectivity index (χ3n) is 25.5. The molecule has 10 aromatic carbocycles. The van der Waals surface area contributed by atoms with Crippen LogP contribution < -0.4 is 106 Å². The zero-order valence-corrected chi connectivity index (χ0v) is 79.9. The average molecular weight is 1870 g/mol. The molecule has 1 atom stereocenters. The van der Waals surface area contributed by atoms with Gasteiger partial charge in [0.05, 0.1) is 69.7 Å². The van der Waals surface area contributed by atoms with Gasteiger partial charge in [-0.3, -0.25) is 29.0 Å². The maximum absolute atomic E-state index is 12.6. The molecule has 0 saturated carbocycles. The van der Waals surface area contributed by atoms with E-state index in [1.807, 2.05) is 142 Å². The number of β-amino-alcohol motifs (C(OH)–C–C–N with tert-alkyl or cyclic N) is 1. The minimum atomic E-state index is -0.656. The number of aromatic amines is 5. The molecule has 29 nitrogen and oxygen atoms in total. The first-order valence-corrected chi connectivity index (χ1v) is 47.1. The number of ether oxygens (including phenoxy) is 1. The number of unbranched alkanes of at least 4 members (excludes halogenated alkanes) is 1. The molecule has 6 N–H and O–H groups in total. The lowest BCUT2D eigenvalue weighted by Crippen LogP contribution is -2.42. The van der Waals surface area contributed by atoms with Gasteiger partial charge >= 0.3 is 5.69 Å². The highest BCUT2D eigenvalue weighted by Gasteiger charge is 2.31. The van der Waals surface area contributed by atoms with E-state index in [-0.39, 0.29) is 34.0 Å². The van der Waals surface area contributed by atoms with Gasteiger partial charge in [0.25, 0.3) is 27.8 Å². The number of anilines is 9. The zero-order chi connectivity index (χ0) is 97.9. The Balaban J connectivity index is 0.000000121. The Morgan fingerprint density at radius 1 is 0.357 bits per heavy atom. The number of aromatic nitrogens is 12. The van der Waals surface area contributed by atoms with Crippen molar-refractivity contribution in [3.8, 4) is 17.3 Å². The number of hydrogen-bond acceptors (Lipinski definition) is 23. The largest absolute Gasteiger partial charge is 0.497 e. The summed E-state index contributed by atoms with van der Waals surface area (Å²) < 4.78 is 7.14. The van der Waals surface area contributed by atoms with Crippen LogP contribution in [0.2, 0.25) is 0 Å². The lowest BCUT2D eigenvalue weighted by Gasteiger charge is -2.30. The Hall–Kier alpha value is -16.6. The van der Waals surface area contributed by atoms with E-state index in [1.54, 1.807) is 7.11 Å². The summed E-state index contributed by atoms with van der Waals surface area (Å²) in [7, 11) is 1.65. The van der Waals surface area contributed by atoms with Crippen LogP contribution in [0.3, 0.4) is 0 Å². The van der Waals surface area contributed by atoms with E-state index in [0.29, 0.717) is 98.6 Å². The molecule has 7 aliphatic rings. The topological polar surface area (TPSA) is 359 Å². The van der Waals surface area contributed by atoms with E-state index in [4.69, 9.17) is 4.74 Å². The first-order valence-electron chi connectivity index (χ1n) is 47.1. The van der Waals surface area contributed by atoms with Crippen LogP contribution >= 0.6 is 0 Å². The van der Waals surface area contributed by atoms with Gasteiger partial charge in [-0.25, -0.2) is 49.7 Å². The summed E-state index contributed by atoms with van der Waals surface area (Å²) in [6, 6.07) is 74.1. The van der Waals surface area contributed by atoms with Crippen molar-refractivity contribution in [3.05, 3.63) is 391 Å². The molecule has 0 bridgehead atoms. The summed E-state index contributed by atoms with van der Waals surface area (Å²) in [6.45, 7) is 34.5. The number of fused-ring (bicyclic) bond motifs is 10. The quantitative estimate of drug-likeness (QED) is 0.0271. The molecule has 21 rings (SSSR count). The normalized spacial score (nSPS) is 13.2. The third-order valence-corrected chi connectivity index (χ3v) is 25.5. The number of aliphatic hydroxyl groups is 1. The molecule has 708 valence electrons. The monoisotopic (exact) mass is 1870 g/mol. The fraction of sp³-hybridized carbons (Fsp3) is 0.243. The minimum absolute atomic E-state index is 0.185. The highest BCUT2D eigenvalue weighted by Crippen LogP contribution is 2.43. The van der Waals surface area contributed by atoms with Gasteiger partial charge in [-0.15, -0.1) is 0 Å². The Labute approximate surface area is 807 Å². The molecular formula is C111H111N21O8. The number of nitrogens with one attached hydrogen (secondary N) is 5. The van der Waals surface area contributed by atoms with Crippen molar-refractivity contribution in [2.45, 2.75) is 132 Å². The van der Waals surface area contributed by atoms with Crippen molar-refractivity contribution in [1.82, 2.24) is 59.4 Å². The molecule has 4 aromatic heterocycles. The highest BCUT2D eigenvalue weighted by atomic mass is 16.5. The second-order valence-corrected chi connectivity index (χ2v) is 35.8. The Morgan fingerprint density at radius 2 is 0.743 bits per heavy atom. The third kappa shape index (κ3) is 21.8. The van der Waals surface area contributed by atoms with Crippen LogP contribution in [0.25, 0.3) is 48.9 Å². The Bertz CT molecular complexity index is 8230. The van der Waals surface area contributed by atoms with E-state index in [0.717, 1.165) is 192 Å². The van der Waals surface area contributed by atoms with Gasteiger partial charge in [0.2, 0.25) is 0 Å². The van der Waals surface area contributed by atoms with Crippen molar-refractivity contribution in [2.24, 2.45) is 20.0 Å². The maximum atomic E-state index is 12.6. The Morgan fingerprint density at radius 3 is 1.20 bits per heavy atom. The van der Waals surface area contributed by atoms with Crippen molar-refractivity contribution in [2.75, 3.05) is 70.9 Å². The first-order chi connectivity index (χ1) is 67.7. The van der Waals surface area contributed by atoms with Crippen molar-refractivity contribution < 1.29 is 9.84 Å². The number of aliphatic hydroxyl groups excluding tert-OH is 1. The lowest BCUT2D eigenvalue weighted by atomic mass is 10.1. The smallest absolute Gasteiger partial charge is 0.349 e. The predicted octanol–water partition coefficient (Wildman–Crippen LogP) is 12.8. The van der Waals surface area contributed by atoms with Gasteiger partial charge < -0.3 is 58.8 Å². The fourth-order valence-corrected chi connectivity index (χ4v) is 18.1. The molecule has 1 fully saturated rings. The van der Waals surface area contributed by atoms with E-state index in [2.05, 4.69) is 255 Å². The molecule has 29 heteroatoms. The van der Waals surface area contributed by atoms with E-state index in [1.165, 1.54) is 33.4 Å². The lowest BCUT2D eigenvalue weighted by molar-refractivity contribution is 0.198. The van der Waals surface area contributed by atoms with Crippen molar-refractivity contribution >= 4 is 112 Å². The summed E-state index contributed by atoms with van der Waals surface area (Å²) in [5.74, 6) is 3.46. The van der Waals surface area contributed by atoms with E-state index in [9.17, 15) is 33.9 Å². The number of rotatable bonds is 22. The molecule has 1 unspecified atom stereocenters. The van der Waals surface area contributed by atoms with E-state index < -0.39 is 11.2 Å². The minimum Gasteiger partial charge on any atom is -0.497 e. The molecule has 0 radical (unpaired) electrons. The molecule has 7 aliphatic heterocycles. The maximum Gasteiger partial charge on any atom is 0.349 e. The standard InChI is InChI=1S/C25H27N5O2.C22H22N4O3.C22H22N4O.2C21H20N4O/c1-16-13-20-22(14-21(16)29-12-10-19(31)15-29)30(11-6-9-18-7-4-3-5-8-18)24-23(28-20)25(32)27-17(2)26-24;1-13-11-17-18(12-14(13)2)26(20-19(23-17)21(27)25-22(28)24-20)10-4-5-15-6-8-16(29-3)9-7-15;1-15-11-12-19-18(14-15)25-20-21(23-16(2)24-22(20)27)26(19)13-7-6-10-17-8-4-3-5-9-17;1-13-11-17-18(12-14(13)2)25(10-9-16-7-5-4-6-8-16)20-19(24-17)21(26)23-15(3)22-20;1-14-10-11-18-17(13-14)24-19-20(22-15(2)23-21(19)26)25(18)12-6-9-16-7-4-3-5-8-16/h3-5,7-8,13-14,19,31H,2,6,9-12,15H2,1H3,(H,27,32);6-9,11-12H,4-5,10H2,1-3H3,(H,25,27,28);3-5,8-9,11-12,14H,2,6-7,10,13H2,1H3,(H,24,27);4-8,11-12H,3,9-10H2,1-2H3,(H,23,26);3-5,7-8,10-11,13H,2,6,9,12H2,1H3,(H,23,26). The van der Waals surface area contributed by atoms with Gasteiger partial charge in [0.15, 0.2) is 56.2 Å². The summed E-state index contributed by atoms with van der Waals surface area (Å²) in [5, 5.41) is 11.4. The molecular weight excluding hydrogens is 1760 g/mol. The SMILES string of the molecule is C=c1nc2c(c(=O)[nH]1)=Nc1cc(C)c(C)cc1N2CCc1ccccc1.C=c1nc2c(c(=O)[nH]1)=Nc1cc(C)c(N3CCC(O)C3)cc1N2CCCc1ccccc1.C=c1nc2c(c(=O)[nH]1)=Nc1cc(C)ccc1N2CCCCc1ccccc1.C=c1nc2c(c(=O)[nH]1)=Nc1cc(C)ccc1N2CCCc1ccccc1.COc1ccc(CCCn2c3nc(=O)[nH]c(=O)c-3nc3cc(C)c(C)cc32)cc1. The van der Waals surface area contributed by atoms with Crippen LogP contribution in [0.4, 0.5) is 74.5 Å². The van der Waals surface area contributed by atoms with Gasteiger partial charge in [0.1, 0.15) is 27.7 Å². The molecule has 14 aromatic rings. The van der Waals surface area contributed by atoms with Gasteiger partial charge in [-0.2, -0.15) is 4.98 Å². The Kier molecular flexibility index (Phi) is 28.8. The second kappa shape index (κ2) is 42.4.